The largest absolute Gasteiger partial charge is 0.497 e. The quantitative estimate of drug-likeness (QED) is 0.706. The Morgan fingerprint density at radius 3 is 2.70 bits per heavy atom. The van der Waals surface area contributed by atoms with Crippen LogP contribution in [0.4, 0.5) is 0 Å². The number of rotatable bonds is 8. The molecule has 0 spiro atoms. The lowest BCUT2D eigenvalue weighted by atomic mass is 10.1. The van der Waals surface area contributed by atoms with E-state index in [0.717, 1.165) is 17.7 Å². The van der Waals surface area contributed by atoms with Crippen molar-refractivity contribution in [3.8, 4) is 5.75 Å². The van der Waals surface area contributed by atoms with Crippen molar-refractivity contribution < 1.29 is 19.1 Å². The van der Waals surface area contributed by atoms with Crippen molar-refractivity contribution >= 4 is 11.8 Å². The summed E-state index contributed by atoms with van der Waals surface area (Å²) < 4.78 is 11.7. The normalized spacial score (nSPS) is 13.4. The highest BCUT2D eigenvalue weighted by Crippen LogP contribution is 2.18. The lowest BCUT2D eigenvalue weighted by Crippen LogP contribution is -2.39. The number of nitrogens with zero attached hydrogens (tertiary/aromatic N) is 3. The van der Waals surface area contributed by atoms with Gasteiger partial charge in [-0.3, -0.25) is 14.3 Å². The minimum absolute atomic E-state index is 0.122. The second kappa shape index (κ2) is 8.68. The standard InChI is InChI=1S/C19H24N4O4/c1-26-11-3-8-20-18(24)16-12-17-19(25)22(9-10-23(17)21-16)13-14-4-6-15(27-2)7-5-14/h4-7,12H,3,8-11,13H2,1-2H3,(H,20,24). The van der Waals surface area contributed by atoms with Crippen LogP contribution in [-0.4, -0.2) is 60.4 Å². The minimum atomic E-state index is -0.275. The van der Waals surface area contributed by atoms with Gasteiger partial charge in [-0.1, -0.05) is 12.1 Å². The van der Waals surface area contributed by atoms with Crippen LogP contribution in [-0.2, 0) is 17.8 Å². The molecule has 0 unspecified atom stereocenters. The molecule has 8 heteroatoms. The van der Waals surface area contributed by atoms with Crippen molar-refractivity contribution in [3.05, 3.63) is 47.3 Å². The van der Waals surface area contributed by atoms with E-state index < -0.39 is 0 Å². The molecule has 0 saturated heterocycles. The van der Waals surface area contributed by atoms with E-state index >= 15 is 0 Å². The SMILES string of the molecule is COCCCNC(=O)c1cc2n(n1)CCN(Cc1ccc(OC)cc1)C2=O. The van der Waals surface area contributed by atoms with Crippen LogP contribution in [0.25, 0.3) is 0 Å². The number of fused-ring (bicyclic) bond motifs is 1. The van der Waals surface area contributed by atoms with Gasteiger partial charge >= 0.3 is 0 Å². The third-order valence-electron chi connectivity index (χ3n) is 4.44. The van der Waals surface area contributed by atoms with Crippen LogP contribution < -0.4 is 10.1 Å². The van der Waals surface area contributed by atoms with E-state index in [1.165, 1.54) is 0 Å². The van der Waals surface area contributed by atoms with E-state index in [0.29, 0.717) is 38.5 Å². The van der Waals surface area contributed by atoms with E-state index in [9.17, 15) is 9.59 Å². The fourth-order valence-corrected chi connectivity index (χ4v) is 2.96. The molecular formula is C19H24N4O4. The zero-order chi connectivity index (χ0) is 19.2. The van der Waals surface area contributed by atoms with Crippen LogP contribution in [0.15, 0.2) is 30.3 Å². The topological polar surface area (TPSA) is 85.7 Å². The Morgan fingerprint density at radius 2 is 2.00 bits per heavy atom. The van der Waals surface area contributed by atoms with Crippen molar-refractivity contribution in [2.24, 2.45) is 0 Å². The van der Waals surface area contributed by atoms with Gasteiger partial charge in [0.05, 0.1) is 13.7 Å². The number of ether oxygens (including phenoxy) is 2. The van der Waals surface area contributed by atoms with E-state index in [1.54, 1.807) is 29.9 Å². The fourth-order valence-electron chi connectivity index (χ4n) is 2.96. The van der Waals surface area contributed by atoms with Crippen LogP contribution in [0.2, 0.25) is 0 Å². The average molecular weight is 372 g/mol. The van der Waals surface area contributed by atoms with Gasteiger partial charge in [-0.2, -0.15) is 5.10 Å². The predicted octanol–water partition coefficient (Wildman–Crippen LogP) is 1.31. The molecule has 2 aromatic rings. The first-order valence-electron chi connectivity index (χ1n) is 8.89. The zero-order valence-electron chi connectivity index (χ0n) is 15.6. The van der Waals surface area contributed by atoms with E-state index in [4.69, 9.17) is 9.47 Å². The summed E-state index contributed by atoms with van der Waals surface area (Å²) in [5.74, 6) is 0.383. The number of carbonyl (C=O) groups is 2. The summed E-state index contributed by atoms with van der Waals surface area (Å²) in [4.78, 5) is 26.7. The van der Waals surface area contributed by atoms with Crippen LogP contribution in [0, 0.1) is 0 Å². The monoisotopic (exact) mass is 372 g/mol. The molecule has 0 fully saturated rings. The van der Waals surface area contributed by atoms with Gasteiger partial charge in [0.2, 0.25) is 0 Å². The summed E-state index contributed by atoms with van der Waals surface area (Å²) >= 11 is 0. The Kier molecular flexibility index (Phi) is 6.08. The molecule has 0 aliphatic carbocycles. The Balaban J connectivity index is 1.64. The summed E-state index contributed by atoms with van der Waals surface area (Å²) in [7, 11) is 3.24. The molecule has 0 saturated carbocycles. The lowest BCUT2D eigenvalue weighted by molar-refractivity contribution is 0.0683. The smallest absolute Gasteiger partial charge is 0.272 e. The summed E-state index contributed by atoms with van der Waals surface area (Å²) in [5, 5.41) is 7.06. The predicted molar refractivity (Wildman–Crippen MR) is 98.8 cm³/mol. The van der Waals surface area contributed by atoms with Crippen molar-refractivity contribution in [2.45, 2.75) is 19.5 Å². The third kappa shape index (κ3) is 4.46. The van der Waals surface area contributed by atoms with E-state index in [-0.39, 0.29) is 17.5 Å². The summed E-state index contributed by atoms with van der Waals surface area (Å²) in [6.45, 7) is 2.71. The molecule has 144 valence electrons. The molecule has 1 aromatic carbocycles. The van der Waals surface area contributed by atoms with Crippen molar-refractivity contribution in [1.29, 1.82) is 0 Å². The summed E-state index contributed by atoms with van der Waals surface area (Å²) in [6, 6.07) is 9.20. The molecule has 2 amide bonds. The number of hydrogen-bond donors (Lipinski definition) is 1. The van der Waals surface area contributed by atoms with Crippen LogP contribution >= 0.6 is 0 Å². The van der Waals surface area contributed by atoms with E-state index in [2.05, 4.69) is 10.4 Å². The van der Waals surface area contributed by atoms with Gasteiger partial charge in [0.25, 0.3) is 11.8 Å². The third-order valence-corrected chi connectivity index (χ3v) is 4.44. The number of methoxy groups -OCH3 is 2. The Labute approximate surface area is 158 Å². The highest BCUT2D eigenvalue weighted by atomic mass is 16.5. The number of aromatic nitrogens is 2. The highest BCUT2D eigenvalue weighted by molar-refractivity contribution is 5.98. The van der Waals surface area contributed by atoms with E-state index in [1.807, 2.05) is 24.3 Å². The maximum absolute atomic E-state index is 12.8. The Bertz CT molecular complexity index is 801. The molecule has 0 radical (unpaired) electrons. The first-order valence-corrected chi connectivity index (χ1v) is 8.89. The second-order valence-electron chi connectivity index (χ2n) is 6.31. The molecule has 0 atom stereocenters. The Morgan fingerprint density at radius 1 is 1.22 bits per heavy atom. The number of carbonyl (C=O) groups excluding carboxylic acids is 2. The molecule has 1 aliphatic rings. The van der Waals surface area contributed by atoms with Gasteiger partial charge in [-0.15, -0.1) is 0 Å². The molecule has 2 heterocycles. The number of benzene rings is 1. The van der Waals surface area contributed by atoms with Gasteiger partial charge in [0.15, 0.2) is 5.69 Å². The van der Waals surface area contributed by atoms with Gasteiger partial charge < -0.3 is 19.7 Å². The first-order chi connectivity index (χ1) is 13.1. The number of amides is 2. The number of hydrogen-bond acceptors (Lipinski definition) is 5. The van der Waals surface area contributed by atoms with Crippen molar-refractivity contribution in [2.75, 3.05) is 33.9 Å². The maximum Gasteiger partial charge on any atom is 0.272 e. The van der Waals surface area contributed by atoms with Gasteiger partial charge in [0.1, 0.15) is 11.4 Å². The van der Waals surface area contributed by atoms with Crippen LogP contribution in [0.3, 0.4) is 0 Å². The van der Waals surface area contributed by atoms with Crippen LogP contribution in [0.1, 0.15) is 33.0 Å². The molecule has 1 N–H and O–H groups in total. The highest BCUT2D eigenvalue weighted by Gasteiger charge is 2.27. The maximum atomic E-state index is 12.8. The molecule has 8 nitrogen and oxygen atoms in total. The molecule has 1 aromatic heterocycles. The molecule has 1 aliphatic heterocycles. The van der Waals surface area contributed by atoms with Gasteiger partial charge in [-0.25, -0.2) is 0 Å². The Hall–Kier alpha value is -2.87. The first kappa shape index (κ1) is 18.9. The molecule has 3 rings (SSSR count). The van der Waals surface area contributed by atoms with Crippen molar-refractivity contribution in [1.82, 2.24) is 20.0 Å². The zero-order valence-corrected chi connectivity index (χ0v) is 15.6. The van der Waals surface area contributed by atoms with Crippen molar-refractivity contribution in [3.63, 3.8) is 0 Å². The molecular weight excluding hydrogens is 348 g/mol. The lowest BCUT2D eigenvalue weighted by Gasteiger charge is -2.27. The average Bonchev–Trinajstić information content (AvgIpc) is 3.13. The van der Waals surface area contributed by atoms with Gasteiger partial charge in [0, 0.05) is 39.4 Å². The summed E-state index contributed by atoms with van der Waals surface area (Å²) in [6.07, 6.45) is 0.727. The fraction of sp³-hybridized carbons (Fsp3) is 0.421. The minimum Gasteiger partial charge on any atom is -0.497 e. The molecule has 27 heavy (non-hydrogen) atoms. The number of nitrogens with one attached hydrogen (secondary N) is 1. The van der Waals surface area contributed by atoms with Crippen LogP contribution in [0.5, 0.6) is 5.75 Å². The van der Waals surface area contributed by atoms with Gasteiger partial charge in [-0.05, 0) is 24.1 Å². The second-order valence-corrected chi connectivity index (χ2v) is 6.31. The summed E-state index contributed by atoms with van der Waals surface area (Å²) in [5.41, 5.74) is 1.73. The molecule has 0 bridgehead atoms.